The highest BCUT2D eigenvalue weighted by molar-refractivity contribution is 6.30. The van der Waals surface area contributed by atoms with Gasteiger partial charge in [-0.05, 0) is 67.0 Å². The topological polar surface area (TPSA) is 26.3 Å². The molecule has 0 aliphatic heterocycles. The van der Waals surface area contributed by atoms with Gasteiger partial charge in [0.15, 0.2) is 0 Å². The van der Waals surface area contributed by atoms with E-state index < -0.39 is 0 Å². The lowest BCUT2D eigenvalue weighted by atomic mass is 9.83. The van der Waals surface area contributed by atoms with Crippen LogP contribution < -0.4 is 0 Å². The molecule has 0 radical (unpaired) electrons. The Bertz CT molecular complexity index is 560. The molecule has 0 saturated heterocycles. The first-order chi connectivity index (χ1) is 9.20. The lowest BCUT2D eigenvalue weighted by molar-refractivity contribution is -0.147. The van der Waals surface area contributed by atoms with Crippen molar-refractivity contribution in [2.24, 2.45) is 5.92 Å². The van der Waals surface area contributed by atoms with Crippen molar-refractivity contribution >= 4 is 23.1 Å². The highest BCUT2D eigenvalue weighted by Gasteiger charge is 2.34. The molecule has 2 aliphatic carbocycles. The van der Waals surface area contributed by atoms with Crippen LogP contribution in [0, 0.1) is 5.92 Å². The summed E-state index contributed by atoms with van der Waals surface area (Å²) in [4.78, 5) is 12.1. The van der Waals surface area contributed by atoms with Crippen LogP contribution in [-0.2, 0) is 16.0 Å². The van der Waals surface area contributed by atoms with Crippen LogP contribution in [0.15, 0.2) is 23.8 Å². The number of fused-ring (bicyclic) bond motifs is 2. The summed E-state index contributed by atoms with van der Waals surface area (Å²) < 4.78 is 5.21. The van der Waals surface area contributed by atoms with Gasteiger partial charge < -0.3 is 4.74 Å². The molecule has 0 bridgehead atoms. The van der Waals surface area contributed by atoms with Gasteiger partial charge >= 0.3 is 5.97 Å². The van der Waals surface area contributed by atoms with Crippen molar-refractivity contribution in [2.75, 3.05) is 6.61 Å². The monoisotopic (exact) mass is 276 g/mol. The minimum atomic E-state index is -0.0615. The van der Waals surface area contributed by atoms with Crippen molar-refractivity contribution in [3.05, 3.63) is 39.9 Å². The van der Waals surface area contributed by atoms with Crippen LogP contribution in [0.25, 0.3) is 5.57 Å². The first-order valence-corrected chi connectivity index (χ1v) is 7.26. The van der Waals surface area contributed by atoms with Crippen LogP contribution in [0.2, 0.25) is 5.02 Å². The maximum atomic E-state index is 12.1. The van der Waals surface area contributed by atoms with Crippen LogP contribution in [-0.4, -0.2) is 12.6 Å². The zero-order valence-electron chi connectivity index (χ0n) is 11.0. The smallest absolute Gasteiger partial charge is 0.313 e. The number of esters is 1. The Labute approximate surface area is 118 Å². The predicted molar refractivity (Wildman–Crippen MR) is 76.1 cm³/mol. The Balaban J connectivity index is 1.97. The number of halogens is 1. The minimum absolute atomic E-state index is 0.0464. The zero-order valence-corrected chi connectivity index (χ0v) is 11.8. The third-order valence-corrected chi connectivity index (χ3v) is 4.31. The summed E-state index contributed by atoms with van der Waals surface area (Å²) in [5, 5.41) is 0.769. The number of allylic oxidation sites excluding steroid dienone is 1. The number of hydrogen-bond donors (Lipinski definition) is 0. The van der Waals surface area contributed by atoms with E-state index in [4.69, 9.17) is 16.3 Å². The normalized spacial score (nSPS) is 21.1. The quantitative estimate of drug-likeness (QED) is 0.763. The van der Waals surface area contributed by atoms with E-state index in [0.717, 1.165) is 30.7 Å². The van der Waals surface area contributed by atoms with Crippen LogP contribution in [0.4, 0.5) is 0 Å². The second-order valence-electron chi connectivity index (χ2n) is 5.18. The van der Waals surface area contributed by atoms with Crippen LogP contribution in [0.5, 0.6) is 0 Å². The molecular formula is C16H17ClO2. The van der Waals surface area contributed by atoms with E-state index in [1.165, 1.54) is 22.3 Å². The molecule has 0 N–H and O–H groups in total. The Morgan fingerprint density at radius 1 is 1.47 bits per heavy atom. The van der Waals surface area contributed by atoms with Crippen molar-refractivity contribution in [1.82, 2.24) is 0 Å². The summed E-state index contributed by atoms with van der Waals surface area (Å²) in [5.74, 6) is -0.108. The summed E-state index contributed by atoms with van der Waals surface area (Å²) in [5.41, 5.74) is 5.14. The number of ether oxygens (including phenoxy) is 1. The summed E-state index contributed by atoms with van der Waals surface area (Å²) in [6.45, 7) is 2.32. The molecule has 2 aliphatic rings. The Kier molecular flexibility index (Phi) is 3.36. The van der Waals surface area contributed by atoms with Gasteiger partial charge in [0.05, 0.1) is 12.5 Å². The SMILES string of the molecule is CCOC(=O)C1CCCC2=C1Cc1ccc(Cl)cc12. The Morgan fingerprint density at radius 2 is 2.32 bits per heavy atom. The molecule has 1 unspecified atom stereocenters. The van der Waals surface area contributed by atoms with E-state index in [9.17, 15) is 4.79 Å². The molecule has 1 aromatic rings. The Hall–Kier alpha value is -1.28. The molecule has 2 nitrogen and oxygen atoms in total. The zero-order chi connectivity index (χ0) is 13.4. The molecule has 3 heteroatoms. The standard InChI is InChI=1S/C16H17ClO2/c1-2-19-16(18)13-5-3-4-12-14-9-11(17)7-6-10(14)8-15(12)13/h6-7,9,13H,2-5,8H2,1H3. The van der Waals surface area contributed by atoms with E-state index in [1.54, 1.807) is 0 Å². The van der Waals surface area contributed by atoms with E-state index in [-0.39, 0.29) is 11.9 Å². The highest BCUT2D eigenvalue weighted by Crippen LogP contribution is 2.45. The largest absolute Gasteiger partial charge is 0.466 e. The van der Waals surface area contributed by atoms with E-state index in [0.29, 0.717) is 6.61 Å². The molecule has 1 atom stereocenters. The number of hydrogen-bond acceptors (Lipinski definition) is 2. The number of carbonyl (C=O) groups is 1. The molecule has 3 rings (SSSR count). The third-order valence-electron chi connectivity index (χ3n) is 4.08. The van der Waals surface area contributed by atoms with Gasteiger partial charge in [-0.3, -0.25) is 4.79 Å². The summed E-state index contributed by atoms with van der Waals surface area (Å²) in [6.07, 6.45) is 3.90. The maximum absolute atomic E-state index is 12.1. The van der Waals surface area contributed by atoms with Crippen LogP contribution >= 0.6 is 11.6 Å². The highest BCUT2D eigenvalue weighted by atomic mass is 35.5. The molecule has 100 valence electrons. The van der Waals surface area contributed by atoms with Gasteiger partial charge in [-0.25, -0.2) is 0 Å². The summed E-state index contributed by atoms with van der Waals surface area (Å²) in [7, 11) is 0. The van der Waals surface area contributed by atoms with Gasteiger partial charge in [-0.15, -0.1) is 0 Å². The molecule has 0 heterocycles. The molecule has 0 aromatic heterocycles. The molecule has 0 spiro atoms. The van der Waals surface area contributed by atoms with E-state index in [2.05, 4.69) is 6.07 Å². The van der Waals surface area contributed by atoms with Crippen molar-refractivity contribution < 1.29 is 9.53 Å². The fourth-order valence-electron chi connectivity index (χ4n) is 3.26. The molecule has 19 heavy (non-hydrogen) atoms. The first-order valence-electron chi connectivity index (χ1n) is 6.88. The van der Waals surface area contributed by atoms with Gasteiger partial charge in [0.1, 0.15) is 0 Å². The predicted octanol–water partition coefficient (Wildman–Crippen LogP) is 4.01. The number of carbonyl (C=O) groups excluding carboxylic acids is 1. The first kappa shape index (κ1) is 12.7. The lowest BCUT2D eigenvalue weighted by Gasteiger charge is -2.23. The van der Waals surface area contributed by atoms with Gasteiger partial charge in [0.25, 0.3) is 0 Å². The average molecular weight is 277 g/mol. The molecule has 1 aromatic carbocycles. The van der Waals surface area contributed by atoms with Gasteiger partial charge in [-0.1, -0.05) is 17.7 Å². The van der Waals surface area contributed by atoms with Gasteiger partial charge in [-0.2, -0.15) is 0 Å². The lowest BCUT2D eigenvalue weighted by Crippen LogP contribution is -2.22. The van der Waals surface area contributed by atoms with Crippen LogP contribution in [0.1, 0.15) is 37.3 Å². The van der Waals surface area contributed by atoms with Gasteiger partial charge in [0, 0.05) is 5.02 Å². The fourth-order valence-corrected chi connectivity index (χ4v) is 3.43. The Morgan fingerprint density at radius 3 is 3.11 bits per heavy atom. The molecule has 0 amide bonds. The third kappa shape index (κ3) is 2.18. The van der Waals surface area contributed by atoms with E-state index in [1.807, 2.05) is 19.1 Å². The van der Waals surface area contributed by atoms with Gasteiger partial charge in [0.2, 0.25) is 0 Å². The van der Waals surface area contributed by atoms with Crippen molar-refractivity contribution in [3.63, 3.8) is 0 Å². The average Bonchev–Trinajstić information content (AvgIpc) is 2.77. The minimum Gasteiger partial charge on any atom is -0.466 e. The second-order valence-corrected chi connectivity index (χ2v) is 5.62. The summed E-state index contributed by atoms with van der Waals surface area (Å²) in [6, 6.07) is 6.04. The van der Waals surface area contributed by atoms with Crippen molar-refractivity contribution in [2.45, 2.75) is 32.6 Å². The summed E-state index contributed by atoms with van der Waals surface area (Å²) >= 11 is 6.09. The molecule has 0 saturated carbocycles. The number of benzene rings is 1. The van der Waals surface area contributed by atoms with Crippen molar-refractivity contribution in [3.8, 4) is 0 Å². The van der Waals surface area contributed by atoms with E-state index >= 15 is 0 Å². The van der Waals surface area contributed by atoms with Crippen LogP contribution in [0.3, 0.4) is 0 Å². The van der Waals surface area contributed by atoms with Crippen molar-refractivity contribution in [1.29, 1.82) is 0 Å². The number of rotatable bonds is 2. The molecular weight excluding hydrogens is 260 g/mol. The second kappa shape index (κ2) is 5.01. The molecule has 0 fully saturated rings. The maximum Gasteiger partial charge on any atom is 0.313 e. The fraction of sp³-hybridized carbons (Fsp3) is 0.438.